The summed E-state index contributed by atoms with van der Waals surface area (Å²) >= 11 is 0. The van der Waals surface area contributed by atoms with E-state index in [4.69, 9.17) is 9.26 Å². The van der Waals surface area contributed by atoms with Crippen LogP contribution < -0.4 is 4.74 Å². The van der Waals surface area contributed by atoms with E-state index in [0.717, 1.165) is 11.3 Å². The standard InChI is InChI=1S/C12H11N5O2/c1-7-10(15-17-14-7)12-13-11(16-19-12)8-4-3-5-9(6-8)18-2/h3-6H,1-2H3,(H,14,15,17). The van der Waals surface area contributed by atoms with Gasteiger partial charge in [-0.3, -0.25) is 0 Å². The van der Waals surface area contributed by atoms with Crippen LogP contribution in [0, 0.1) is 6.92 Å². The second kappa shape index (κ2) is 4.52. The van der Waals surface area contributed by atoms with Gasteiger partial charge in [0.1, 0.15) is 5.75 Å². The number of aromatic nitrogens is 5. The summed E-state index contributed by atoms with van der Waals surface area (Å²) in [6.07, 6.45) is 0. The van der Waals surface area contributed by atoms with Gasteiger partial charge >= 0.3 is 0 Å². The lowest BCUT2D eigenvalue weighted by Gasteiger charge is -1.99. The average Bonchev–Trinajstić information content (AvgIpc) is 3.07. The van der Waals surface area contributed by atoms with E-state index < -0.39 is 0 Å². The van der Waals surface area contributed by atoms with Crippen LogP contribution in [0.25, 0.3) is 23.0 Å². The van der Waals surface area contributed by atoms with Crippen LogP contribution in [-0.2, 0) is 0 Å². The molecule has 0 aliphatic heterocycles. The van der Waals surface area contributed by atoms with Gasteiger partial charge < -0.3 is 9.26 Å². The van der Waals surface area contributed by atoms with Gasteiger partial charge in [0.05, 0.1) is 12.8 Å². The normalized spacial score (nSPS) is 10.6. The Morgan fingerprint density at radius 2 is 2.16 bits per heavy atom. The van der Waals surface area contributed by atoms with E-state index in [2.05, 4.69) is 25.6 Å². The third kappa shape index (κ3) is 2.05. The molecule has 0 spiro atoms. The lowest BCUT2D eigenvalue weighted by atomic mass is 10.2. The van der Waals surface area contributed by atoms with Crippen molar-refractivity contribution in [1.29, 1.82) is 0 Å². The van der Waals surface area contributed by atoms with Crippen molar-refractivity contribution < 1.29 is 9.26 Å². The summed E-state index contributed by atoms with van der Waals surface area (Å²) in [5.74, 6) is 1.56. The summed E-state index contributed by atoms with van der Waals surface area (Å²) in [6, 6.07) is 7.44. The molecule has 0 amide bonds. The maximum atomic E-state index is 5.19. The van der Waals surface area contributed by atoms with Crippen LogP contribution >= 0.6 is 0 Å². The van der Waals surface area contributed by atoms with E-state index in [0.29, 0.717) is 23.1 Å². The number of rotatable bonds is 3. The topological polar surface area (TPSA) is 89.7 Å². The summed E-state index contributed by atoms with van der Waals surface area (Å²) in [5.41, 5.74) is 2.08. The molecule has 0 unspecified atom stereocenters. The fourth-order valence-corrected chi connectivity index (χ4v) is 1.69. The Morgan fingerprint density at radius 3 is 2.89 bits per heavy atom. The molecule has 0 atom stereocenters. The van der Waals surface area contributed by atoms with Crippen LogP contribution in [0.3, 0.4) is 0 Å². The Kier molecular flexibility index (Phi) is 2.71. The largest absolute Gasteiger partial charge is 0.497 e. The molecule has 0 radical (unpaired) electrons. The summed E-state index contributed by atoms with van der Waals surface area (Å²) < 4.78 is 10.4. The molecule has 2 heterocycles. The number of ether oxygens (including phenoxy) is 1. The quantitative estimate of drug-likeness (QED) is 0.770. The molecule has 2 aromatic heterocycles. The number of H-pyrrole nitrogens is 1. The van der Waals surface area contributed by atoms with E-state index in [1.807, 2.05) is 31.2 Å². The van der Waals surface area contributed by atoms with Crippen molar-refractivity contribution in [2.45, 2.75) is 6.92 Å². The number of hydrogen-bond acceptors (Lipinski definition) is 6. The molecule has 7 nitrogen and oxygen atoms in total. The molecule has 0 fully saturated rings. The zero-order valence-corrected chi connectivity index (χ0v) is 10.4. The maximum Gasteiger partial charge on any atom is 0.280 e. The van der Waals surface area contributed by atoms with Gasteiger partial charge in [-0.1, -0.05) is 17.3 Å². The molecule has 0 aliphatic carbocycles. The zero-order chi connectivity index (χ0) is 13.2. The predicted molar refractivity (Wildman–Crippen MR) is 66.4 cm³/mol. The van der Waals surface area contributed by atoms with E-state index in [1.165, 1.54) is 0 Å². The SMILES string of the molecule is COc1cccc(-c2noc(-c3n[nH]nc3C)n2)c1. The highest BCUT2D eigenvalue weighted by Crippen LogP contribution is 2.24. The molecule has 7 heteroatoms. The number of aromatic amines is 1. The van der Waals surface area contributed by atoms with Crippen molar-refractivity contribution in [2.75, 3.05) is 7.11 Å². The van der Waals surface area contributed by atoms with Gasteiger partial charge in [0, 0.05) is 5.56 Å². The highest BCUT2D eigenvalue weighted by atomic mass is 16.5. The van der Waals surface area contributed by atoms with Gasteiger partial charge in [0.25, 0.3) is 5.89 Å². The second-order valence-electron chi connectivity index (χ2n) is 3.91. The van der Waals surface area contributed by atoms with Gasteiger partial charge in [-0.15, -0.1) is 0 Å². The minimum absolute atomic E-state index is 0.337. The summed E-state index contributed by atoms with van der Waals surface area (Å²) in [6.45, 7) is 1.81. The Balaban J connectivity index is 1.99. The van der Waals surface area contributed by atoms with Crippen molar-refractivity contribution in [3.63, 3.8) is 0 Å². The van der Waals surface area contributed by atoms with Crippen LogP contribution in [0.5, 0.6) is 5.75 Å². The van der Waals surface area contributed by atoms with Crippen molar-refractivity contribution >= 4 is 0 Å². The molecule has 96 valence electrons. The monoisotopic (exact) mass is 257 g/mol. The van der Waals surface area contributed by atoms with Crippen molar-refractivity contribution in [2.24, 2.45) is 0 Å². The first-order valence-electron chi connectivity index (χ1n) is 5.64. The highest BCUT2D eigenvalue weighted by molar-refractivity contribution is 5.60. The van der Waals surface area contributed by atoms with E-state index in [9.17, 15) is 0 Å². The van der Waals surface area contributed by atoms with E-state index in [1.54, 1.807) is 7.11 Å². The lowest BCUT2D eigenvalue weighted by Crippen LogP contribution is -1.85. The Labute approximate surface area is 108 Å². The number of benzene rings is 1. The lowest BCUT2D eigenvalue weighted by molar-refractivity contribution is 0.414. The summed E-state index contributed by atoms with van der Waals surface area (Å²) in [4.78, 5) is 4.30. The number of hydrogen-bond donors (Lipinski definition) is 1. The first kappa shape index (κ1) is 11.4. The smallest absolute Gasteiger partial charge is 0.280 e. The second-order valence-corrected chi connectivity index (χ2v) is 3.91. The molecule has 3 rings (SSSR count). The molecular formula is C12H11N5O2. The molecule has 1 aromatic carbocycles. The van der Waals surface area contributed by atoms with Crippen LogP contribution in [0.2, 0.25) is 0 Å². The van der Waals surface area contributed by atoms with E-state index >= 15 is 0 Å². The van der Waals surface area contributed by atoms with Crippen molar-refractivity contribution in [1.82, 2.24) is 25.6 Å². The van der Waals surface area contributed by atoms with Gasteiger partial charge in [-0.25, -0.2) is 0 Å². The molecule has 0 saturated heterocycles. The van der Waals surface area contributed by atoms with Gasteiger partial charge in [0.15, 0.2) is 5.69 Å². The molecule has 1 N–H and O–H groups in total. The van der Waals surface area contributed by atoms with Gasteiger partial charge in [-0.05, 0) is 19.1 Å². The van der Waals surface area contributed by atoms with Crippen LogP contribution in [0.15, 0.2) is 28.8 Å². The molecular weight excluding hydrogens is 246 g/mol. The highest BCUT2D eigenvalue weighted by Gasteiger charge is 2.15. The Morgan fingerprint density at radius 1 is 1.26 bits per heavy atom. The van der Waals surface area contributed by atoms with Gasteiger partial charge in [-0.2, -0.15) is 20.4 Å². The minimum Gasteiger partial charge on any atom is -0.497 e. The van der Waals surface area contributed by atoms with Crippen molar-refractivity contribution in [3.8, 4) is 28.7 Å². The number of methoxy groups -OCH3 is 1. The molecule has 0 saturated carbocycles. The molecule has 19 heavy (non-hydrogen) atoms. The first-order chi connectivity index (χ1) is 9.28. The van der Waals surface area contributed by atoms with E-state index in [-0.39, 0.29) is 0 Å². The zero-order valence-electron chi connectivity index (χ0n) is 10.4. The van der Waals surface area contributed by atoms with Crippen LogP contribution in [0.1, 0.15) is 5.69 Å². The third-order valence-electron chi connectivity index (χ3n) is 2.68. The van der Waals surface area contributed by atoms with Crippen molar-refractivity contribution in [3.05, 3.63) is 30.0 Å². The van der Waals surface area contributed by atoms with Crippen LogP contribution in [-0.4, -0.2) is 32.7 Å². The van der Waals surface area contributed by atoms with Crippen LogP contribution in [0.4, 0.5) is 0 Å². The summed E-state index contributed by atoms with van der Waals surface area (Å²) in [7, 11) is 1.61. The molecule has 3 aromatic rings. The Bertz CT molecular complexity index is 703. The molecule has 0 bridgehead atoms. The number of nitrogens with zero attached hydrogens (tertiary/aromatic N) is 4. The fourth-order valence-electron chi connectivity index (χ4n) is 1.69. The minimum atomic E-state index is 0.337. The fraction of sp³-hybridized carbons (Fsp3) is 0.167. The maximum absolute atomic E-state index is 5.19. The number of nitrogens with one attached hydrogen (secondary N) is 1. The Hall–Kier alpha value is -2.70. The third-order valence-corrected chi connectivity index (χ3v) is 2.68. The predicted octanol–water partition coefficient (Wildman–Crippen LogP) is 1.84. The number of aryl methyl sites for hydroxylation is 1. The molecule has 0 aliphatic rings. The average molecular weight is 257 g/mol. The first-order valence-corrected chi connectivity index (χ1v) is 5.64. The summed E-state index contributed by atoms with van der Waals surface area (Å²) in [5, 5.41) is 14.3. The van der Waals surface area contributed by atoms with Gasteiger partial charge in [0.2, 0.25) is 5.82 Å².